The zero-order valence-corrected chi connectivity index (χ0v) is 10.8. The SMILES string of the molecule is NC(=O)c1ncn([C@H]2CC(=O)[C@@H](COP(=O)(O)O)O2)n1. The zero-order valence-electron chi connectivity index (χ0n) is 9.95. The topological polar surface area (TPSA) is 167 Å². The van der Waals surface area contributed by atoms with E-state index in [0.717, 1.165) is 4.68 Å². The molecule has 1 aromatic heterocycles. The van der Waals surface area contributed by atoms with Crippen molar-refractivity contribution in [3.05, 3.63) is 12.2 Å². The number of primary amides is 1. The Morgan fingerprint density at radius 2 is 2.35 bits per heavy atom. The molecule has 1 aliphatic heterocycles. The van der Waals surface area contributed by atoms with Gasteiger partial charge in [-0.1, -0.05) is 0 Å². The Morgan fingerprint density at radius 1 is 1.65 bits per heavy atom. The van der Waals surface area contributed by atoms with Crippen molar-refractivity contribution in [3.8, 4) is 0 Å². The van der Waals surface area contributed by atoms with Crippen LogP contribution in [0, 0.1) is 0 Å². The standard InChI is InChI=1S/C8H11N4O7P/c9-7(14)8-10-3-12(11-8)6-1-4(13)5(19-6)2-18-20(15,16)17/h3,5-6H,1-2H2,(H2,9,14)(H2,15,16,17)/t5-,6-/m1/s1. The van der Waals surface area contributed by atoms with Crippen molar-refractivity contribution in [1.29, 1.82) is 0 Å². The van der Waals surface area contributed by atoms with E-state index in [9.17, 15) is 14.2 Å². The number of phosphoric ester groups is 1. The lowest BCUT2D eigenvalue weighted by Gasteiger charge is -2.12. The summed E-state index contributed by atoms with van der Waals surface area (Å²) in [6.45, 7) is -0.572. The predicted molar refractivity (Wildman–Crippen MR) is 60.1 cm³/mol. The molecular formula is C8H11N4O7P. The fraction of sp³-hybridized carbons (Fsp3) is 0.500. The third kappa shape index (κ3) is 3.46. The number of hydrogen-bond donors (Lipinski definition) is 3. The third-order valence-corrected chi connectivity index (χ3v) is 2.96. The molecule has 1 fully saturated rings. The van der Waals surface area contributed by atoms with Crippen LogP contribution in [0.25, 0.3) is 0 Å². The van der Waals surface area contributed by atoms with Crippen LogP contribution in [0.1, 0.15) is 23.3 Å². The highest BCUT2D eigenvalue weighted by molar-refractivity contribution is 7.46. The van der Waals surface area contributed by atoms with Crippen LogP contribution in [0.2, 0.25) is 0 Å². The van der Waals surface area contributed by atoms with Gasteiger partial charge in [0.05, 0.1) is 13.0 Å². The molecule has 2 rings (SSSR count). The van der Waals surface area contributed by atoms with Gasteiger partial charge in [-0.2, -0.15) is 0 Å². The molecule has 20 heavy (non-hydrogen) atoms. The summed E-state index contributed by atoms with van der Waals surface area (Å²) in [6, 6.07) is 0. The van der Waals surface area contributed by atoms with E-state index in [0.29, 0.717) is 0 Å². The smallest absolute Gasteiger partial charge is 0.363 e. The second-order valence-corrected chi connectivity index (χ2v) is 5.19. The number of carbonyl (C=O) groups is 2. The summed E-state index contributed by atoms with van der Waals surface area (Å²) in [5.41, 5.74) is 4.98. The number of ketones is 1. The molecule has 1 aromatic rings. The Hall–Kier alpha value is -1.65. The maximum atomic E-state index is 11.6. The fourth-order valence-electron chi connectivity index (χ4n) is 1.60. The average molecular weight is 306 g/mol. The van der Waals surface area contributed by atoms with Gasteiger partial charge in [0.1, 0.15) is 12.4 Å². The lowest BCUT2D eigenvalue weighted by Crippen LogP contribution is -2.22. The summed E-state index contributed by atoms with van der Waals surface area (Å²) in [6.07, 6.45) is -0.858. The number of nitrogens with two attached hydrogens (primary N) is 1. The fourth-order valence-corrected chi connectivity index (χ4v) is 1.93. The minimum Gasteiger partial charge on any atom is -0.363 e. The van der Waals surface area contributed by atoms with E-state index in [1.807, 2.05) is 0 Å². The highest BCUT2D eigenvalue weighted by Crippen LogP contribution is 2.37. The molecule has 11 nitrogen and oxygen atoms in total. The Kier molecular flexibility index (Phi) is 3.97. The largest absolute Gasteiger partial charge is 0.469 e. The van der Waals surface area contributed by atoms with E-state index in [1.165, 1.54) is 6.33 Å². The van der Waals surface area contributed by atoms with E-state index in [1.54, 1.807) is 0 Å². The first-order chi connectivity index (χ1) is 9.26. The molecule has 1 saturated heterocycles. The van der Waals surface area contributed by atoms with Gasteiger partial charge in [0.2, 0.25) is 5.82 Å². The number of nitrogens with zero attached hydrogens (tertiary/aromatic N) is 3. The van der Waals surface area contributed by atoms with E-state index >= 15 is 0 Å². The van der Waals surface area contributed by atoms with Gasteiger partial charge in [0.25, 0.3) is 5.91 Å². The molecular weight excluding hydrogens is 295 g/mol. The third-order valence-electron chi connectivity index (χ3n) is 2.47. The van der Waals surface area contributed by atoms with Gasteiger partial charge in [-0.25, -0.2) is 14.2 Å². The van der Waals surface area contributed by atoms with Crippen LogP contribution in [0.5, 0.6) is 0 Å². The Bertz CT molecular complexity index is 581. The molecule has 12 heteroatoms. The molecule has 1 aliphatic rings. The van der Waals surface area contributed by atoms with Crippen LogP contribution in [0.15, 0.2) is 6.33 Å². The average Bonchev–Trinajstić information content (AvgIpc) is 2.91. The van der Waals surface area contributed by atoms with E-state index in [4.69, 9.17) is 20.3 Å². The van der Waals surface area contributed by atoms with Gasteiger partial charge in [-0.3, -0.25) is 14.1 Å². The number of phosphoric acid groups is 1. The molecule has 1 amide bonds. The maximum absolute atomic E-state index is 11.6. The molecule has 0 unspecified atom stereocenters. The van der Waals surface area contributed by atoms with Gasteiger partial charge >= 0.3 is 7.82 Å². The molecule has 0 radical (unpaired) electrons. The number of Topliss-reactive ketones (excluding diaryl/α,β-unsaturated/α-hetero) is 1. The van der Waals surface area contributed by atoms with Gasteiger partial charge in [0.15, 0.2) is 12.0 Å². The van der Waals surface area contributed by atoms with Crippen LogP contribution >= 0.6 is 7.82 Å². The molecule has 0 aliphatic carbocycles. The van der Waals surface area contributed by atoms with Crippen molar-refractivity contribution in [3.63, 3.8) is 0 Å². The van der Waals surface area contributed by atoms with E-state index in [-0.39, 0.29) is 12.2 Å². The monoisotopic (exact) mass is 306 g/mol. The summed E-state index contributed by atoms with van der Waals surface area (Å²) in [7, 11) is -4.67. The van der Waals surface area contributed by atoms with Crippen LogP contribution in [-0.2, 0) is 18.6 Å². The van der Waals surface area contributed by atoms with Crippen molar-refractivity contribution < 1.29 is 33.2 Å². The second-order valence-electron chi connectivity index (χ2n) is 3.95. The molecule has 0 spiro atoms. The molecule has 4 N–H and O–H groups in total. The molecule has 2 heterocycles. The van der Waals surface area contributed by atoms with Gasteiger partial charge in [-0.15, -0.1) is 5.10 Å². The normalized spacial score (nSPS) is 23.2. The van der Waals surface area contributed by atoms with E-state index in [2.05, 4.69) is 14.6 Å². The molecule has 2 atom stereocenters. The number of ether oxygens (including phenoxy) is 1. The Labute approximate surface area is 111 Å². The number of aromatic nitrogens is 3. The maximum Gasteiger partial charge on any atom is 0.469 e. The van der Waals surface area contributed by atoms with Crippen LogP contribution in [0.3, 0.4) is 0 Å². The van der Waals surface area contributed by atoms with Crippen molar-refractivity contribution in [2.45, 2.75) is 18.8 Å². The molecule has 110 valence electrons. The molecule has 0 saturated carbocycles. The molecule has 0 bridgehead atoms. The number of hydrogen-bond acceptors (Lipinski definition) is 7. The van der Waals surface area contributed by atoms with Crippen LogP contribution in [0.4, 0.5) is 0 Å². The van der Waals surface area contributed by atoms with Crippen molar-refractivity contribution >= 4 is 19.5 Å². The highest BCUT2D eigenvalue weighted by atomic mass is 31.2. The van der Waals surface area contributed by atoms with Crippen LogP contribution in [-0.4, -0.2) is 49.0 Å². The lowest BCUT2D eigenvalue weighted by molar-refractivity contribution is -0.124. The van der Waals surface area contributed by atoms with E-state index < -0.39 is 38.5 Å². The minimum atomic E-state index is -4.67. The first kappa shape index (κ1) is 14.8. The summed E-state index contributed by atoms with van der Waals surface area (Å²) < 4.78 is 21.1. The van der Waals surface area contributed by atoms with Gasteiger partial charge < -0.3 is 20.3 Å². The van der Waals surface area contributed by atoms with Crippen LogP contribution < -0.4 is 5.73 Å². The quantitative estimate of drug-likeness (QED) is 0.539. The zero-order chi connectivity index (χ0) is 14.9. The highest BCUT2D eigenvalue weighted by Gasteiger charge is 2.36. The summed E-state index contributed by atoms with van der Waals surface area (Å²) >= 11 is 0. The second kappa shape index (κ2) is 5.38. The summed E-state index contributed by atoms with van der Waals surface area (Å²) in [5.74, 6) is -1.45. The number of amides is 1. The summed E-state index contributed by atoms with van der Waals surface area (Å²) in [5, 5.41) is 3.73. The minimum absolute atomic E-state index is 0.0866. The Morgan fingerprint density at radius 3 is 2.90 bits per heavy atom. The summed E-state index contributed by atoms with van der Waals surface area (Å²) in [4.78, 5) is 43.2. The Balaban J connectivity index is 2.00. The first-order valence-electron chi connectivity index (χ1n) is 5.35. The predicted octanol–water partition coefficient (Wildman–Crippen LogP) is -1.66. The lowest BCUT2D eigenvalue weighted by atomic mass is 10.2. The number of carbonyl (C=O) groups excluding carboxylic acids is 2. The van der Waals surface area contributed by atoms with Crippen molar-refractivity contribution in [2.75, 3.05) is 6.61 Å². The van der Waals surface area contributed by atoms with Gasteiger partial charge in [0, 0.05) is 0 Å². The molecule has 0 aromatic carbocycles. The van der Waals surface area contributed by atoms with Crippen molar-refractivity contribution in [1.82, 2.24) is 14.8 Å². The van der Waals surface area contributed by atoms with Gasteiger partial charge in [-0.05, 0) is 0 Å². The number of rotatable bonds is 5. The van der Waals surface area contributed by atoms with Crippen molar-refractivity contribution in [2.24, 2.45) is 5.73 Å². The first-order valence-corrected chi connectivity index (χ1v) is 6.88.